The molecular formula is C18H14BrClN2OS. The molecule has 0 atom stereocenters. The van der Waals surface area contributed by atoms with Crippen LogP contribution in [0.2, 0.25) is 5.02 Å². The molecule has 0 aliphatic rings. The molecule has 3 rings (SSSR count). The number of carbonyl (C=O) groups is 1. The second-order valence-electron chi connectivity index (χ2n) is 5.20. The number of hydrogen-bond acceptors (Lipinski definition) is 2. The van der Waals surface area contributed by atoms with Gasteiger partial charge in [-0.15, -0.1) is 6.58 Å². The van der Waals surface area contributed by atoms with Crippen molar-refractivity contribution in [2.24, 2.45) is 4.99 Å². The van der Waals surface area contributed by atoms with E-state index in [9.17, 15) is 4.79 Å². The number of aromatic nitrogens is 1. The summed E-state index contributed by atoms with van der Waals surface area (Å²) in [5.74, 6) is -0.282. The Morgan fingerprint density at radius 3 is 2.83 bits per heavy atom. The van der Waals surface area contributed by atoms with Crippen LogP contribution in [0.4, 0.5) is 0 Å². The molecule has 24 heavy (non-hydrogen) atoms. The van der Waals surface area contributed by atoms with Gasteiger partial charge in [-0.1, -0.05) is 41.1 Å². The van der Waals surface area contributed by atoms with Crippen molar-refractivity contribution in [2.45, 2.75) is 13.5 Å². The summed E-state index contributed by atoms with van der Waals surface area (Å²) in [6, 6.07) is 11.1. The van der Waals surface area contributed by atoms with Gasteiger partial charge in [-0.25, -0.2) is 0 Å². The Morgan fingerprint density at radius 2 is 2.12 bits per heavy atom. The van der Waals surface area contributed by atoms with E-state index in [2.05, 4.69) is 27.5 Å². The van der Waals surface area contributed by atoms with Gasteiger partial charge in [-0.3, -0.25) is 4.79 Å². The van der Waals surface area contributed by atoms with E-state index in [0.29, 0.717) is 21.9 Å². The minimum atomic E-state index is -0.282. The molecule has 1 amide bonds. The molecule has 122 valence electrons. The van der Waals surface area contributed by atoms with Gasteiger partial charge in [0, 0.05) is 16.0 Å². The van der Waals surface area contributed by atoms with Crippen molar-refractivity contribution in [2.75, 3.05) is 0 Å². The molecule has 0 bridgehead atoms. The molecule has 3 aromatic rings. The van der Waals surface area contributed by atoms with E-state index in [1.807, 2.05) is 41.8 Å². The van der Waals surface area contributed by atoms with Crippen molar-refractivity contribution in [1.82, 2.24) is 4.57 Å². The topological polar surface area (TPSA) is 34.4 Å². The average molecular weight is 422 g/mol. The average Bonchev–Trinajstić information content (AvgIpc) is 2.90. The Labute approximate surface area is 157 Å². The van der Waals surface area contributed by atoms with Crippen LogP contribution in [0, 0.1) is 6.92 Å². The summed E-state index contributed by atoms with van der Waals surface area (Å²) < 4.78 is 3.75. The summed E-state index contributed by atoms with van der Waals surface area (Å²) >= 11 is 11.1. The van der Waals surface area contributed by atoms with Crippen LogP contribution in [0.3, 0.4) is 0 Å². The van der Waals surface area contributed by atoms with Crippen LogP contribution in [0.1, 0.15) is 15.9 Å². The van der Waals surface area contributed by atoms with E-state index in [-0.39, 0.29) is 5.91 Å². The van der Waals surface area contributed by atoms with Gasteiger partial charge < -0.3 is 4.57 Å². The summed E-state index contributed by atoms with van der Waals surface area (Å²) in [7, 11) is 0. The van der Waals surface area contributed by atoms with Crippen molar-refractivity contribution >= 4 is 55.0 Å². The van der Waals surface area contributed by atoms with Gasteiger partial charge >= 0.3 is 0 Å². The number of nitrogens with zero attached hydrogens (tertiary/aromatic N) is 2. The smallest absolute Gasteiger partial charge is 0.280 e. The molecule has 0 aliphatic heterocycles. The van der Waals surface area contributed by atoms with Crippen LogP contribution in [-0.2, 0) is 6.54 Å². The molecule has 0 fully saturated rings. The molecule has 1 heterocycles. The van der Waals surface area contributed by atoms with Gasteiger partial charge in [0.25, 0.3) is 5.91 Å². The predicted molar refractivity (Wildman–Crippen MR) is 104 cm³/mol. The molecule has 2 aromatic carbocycles. The number of benzene rings is 2. The van der Waals surface area contributed by atoms with Gasteiger partial charge in [0.1, 0.15) is 0 Å². The summed E-state index contributed by atoms with van der Waals surface area (Å²) in [5, 5.41) is 0.696. The Morgan fingerprint density at radius 1 is 1.38 bits per heavy atom. The Bertz CT molecular complexity index is 1020. The maximum Gasteiger partial charge on any atom is 0.280 e. The molecule has 0 unspecified atom stereocenters. The minimum absolute atomic E-state index is 0.282. The molecule has 0 N–H and O–H groups in total. The van der Waals surface area contributed by atoms with Gasteiger partial charge in [0.2, 0.25) is 0 Å². The quantitative estimate of drug-likeness (QED) is 0.525. The number of hydrogen-bond donors (Lipinski definition) is 0. The molecule has 1 aromatic heterocycles. The van der Waals surface area contributed by atoms with E-state index in [4.69, 9.17) is 11.6 Å². The monoisotopic (exact) mass is 420 g/mol. The second kappa shape index (κ2) is 7.05. The first kappa shape index (κ1) is 17.1. The zero-order valence-corrected chi connectivity index (χ0v) is 16.1. The summed E-state index contributed by atoms with van der Waals surface area (Å²) in [5.41, 5.74) is 2.50. The SMILES string of the molecule is C=CCn1c(=NC(=O)c2ccccc2Br)sc2ccc(Cl)c(C)c21. The van der Waals surface area contributed by atoms with Gasteiger partial charge in [0.15, 0.2) is 4.80 Å². The lowest BCUT2D eigenvalue weighted by Crippen LogP contribution is -2.16. The largest absolute Gasteiger partial charge is 0.312 e. The van der Waals surface area contributed by atoms with E-state index in [1.54, 1.807) is 12.1 Å². The van der Waals surface area contributed by atoms with Crippen LogP contribution < -0.4 is 4.80 Å². The van der Waals surface area contributed by atoms with Gasteiger partial charge in [0.05, 0.1) is 15.8 Å². The molecular weight excluding hydrogens is 408 g/mol. The van der Waals surface area contributed by atoms with Crippen molar-refractivity contribution in [3.8, 4) is 0 Å². The highest BCUT2D eigenvalue weighted by molar-refractivity contribution is 9.10. The third-order valence-electron chi connectivity index (χ3n) is 3.64. The lowest BCUT2D eigenvalue weighted by molar-refractivity contribution is 0.0997. The fraction of sp³-hybridized carbons (Fsp3) is 0.111. The maximum absolute atomic E-state index is 12.6. The van der Waals surface area contributed by atoms with Crippen LogP contribution in [0.25, 0.3) is 10.2 Å². The first-order valence-electron chi connectivity index (χ1n) is 7.26. The number of amides is 1. The van der Waals surface area contributed by atoms with Crippen molar-refractivity contribution in [3.05, 3.63) is 74.5 Å². The van der Waals surface area contributed by atoms with Crippen LogP contribution in [0.15, 0.2) is 58.5 Å². The minimum Gasteiger partial charge on any atom is -0.312 e. The van der Waals surface area contributed by atoms with Crippen molar-refractivity contribution in [3.63, 3.8) is 0 Å². The number of aryl methyl sites for hydroxylation is 1. The van der Waals surface area contributed by atoms with E-state index < -0.39 is 0 Å². The Kier molecular flexibility index (Phi) is 5.04. The number of fused-ring (bicyclic) bond motifs is 1. The molecule has 0 saturated carbocycles. The molecule has 6 heteroatoms. The maximum atomic E-state index is 12.6. The molecule has 3 nitrogen and oxygen atoms in total. The van der Waals surface area contributed by atoms with Crippen molar-refractivity contribution in [1.29, 1.82) is 0 Å². The highest BCUT2D eigenvalue weighted by Crippen LogP contribution is 2.27. The van der Waals surface area contributed by atoms with Crippen LogP contribution >= 0.6 is 38.9 Å². The summed E-state index contributed by atoms with van der Waals surface area (Å²) in [6.45, 7) is 6.33. The lowest BCUT2D eigenvalue weighted by Gasteiger charge is -2.05. The lowest BCUT2D eigenvalue weighted by atomic mass is 10.2. The number of rotatable bonds is 3. The fourth-order valence-electron chi connectivity index (χ4n) is 2.48. The van der Waals surface area contributed by atoms with E-state index in [0.717, 1.165) is 20.3 Å². The van der Waals surface area contributed by atoms with Crippen LogP contribution in [-0.4, -0.2) is 10.5 Å². The van der Waals surface area contributed by atoms with Crippen LogP contribution in [0.5, 0.6) is 0 Å². The Hall–Kier alpha value is -1.69. The molecule has 0 radical (unpaired) electrons. The number of halogens is 2. The fourth-order valence-corrected chi connectivity index (χ4v) is 4.19. The van der Waals surface area contributed by atoms with Crippen molar-refractivity contribution < 1.29 is 4.79 Å². The molecule has 0 spiro atoms. The number of carbonyl (C=O) groups excluding carboxylic acids is 1. The molecule has 0 aliphatic carbocycles. The summed E-state index contributed by atoms with van der Waals surface area (Å²) in [6.07, 6.45) is 1.79. The molecule has 0 saturated heterocycles. The van der Waals surface area contributed by atoms with Gasteiger partial charge in [-0.2, -0.15) is 4.99 Å². The van der Waals surface area contributed by atoms with E-state index in [1.165, 1.54) is 11.3 Å². The first-order chi connectivity index (χ1) is 11.5. The Balaban J connectivity index is 2.24. The van der Waals surface area contributed by atoms with E-state index >= 15 is 0 Å². The normalized spacial score (nSPS) is 11.9. The standard InChI is InChI=1S/C18H14BrClN2OS/c1-3-10-22-16-11(2)14(20)8-9-15(16)24-18(22)21-17(23)12-6-4-5-7-13(12)19/h3-9H,1,10H2,2H3. The third-order valence-corrected chi connectivity index (χ3v) is 5.79. The third kappa shape index (κ3) is 3.11. The van der Waals surface area contributed by atoms with Gasteiger partial charge in [-0.05, 0) is 52.7 Å². The highest BCUT2D eigenvalue weighted by atomic mass is 79.9. The number of thiazole rings is 1. The summed E-state index contributed by atoms with van der Waals surface area (Å²) in [4.78, 5) is 17.5. The zero-order chi connectivity index (χ0) is 17.3. The first-order valence-corrected chi connectivity index (χ1v) is 9.24. The second-order valence-corrected chi connectivity index (χ2v) is 7.47. The number of allylic oxidation sites excluding steroid dienone is 1. The highest BCUT2D eigenvalue weighted by Gasteiger charge is 2.13. The zero-order valence-electron chi connectivity index (χ0n) is 12.9. The predicted octanol–water partition coefficient (Wildman–Crippen LogP) is 5.35.